The molecule has 1 radical (unpaired) electrons. The molecule has 0 amide bonds. The molecule has 0 heterocycles. The number of alkyl halides is 15. The first-order valence-electron chi connectivity index (χ1n) is 5.40. The van der Waals surface area contributed by atoms with Crippen LogP contribution in [-0.4, -0.2) is 76.7 Å². The summed E-state index contributed by atoms with van der Waals surface area (Å²) in [4.78, 5) is 0. The van der Waals surface area contributed by atoms with E-state index >= 15 is 0 Å². The van der Waals surface area contributed by atoms with Crippen LogP contribution in [0.4, 0.5) is 79.0 Å². The smallest absolute Gasteiger partial charge is 0.412 e. The van der Waals surface area contributed by atoms with Crippen molar-refractivity contribution in [1.29, 1.82) is 0 Å². The van der Waals surface area contributed by atoms with Gasteiger partial charge in [0.1, 0.15) is 0 Å². The van der Waals surface area contributed by atoms with Gasteiger partial charge in [-0.15, -0.1) is 0 Å². The Morgan fingerprint density at radius 2 is 0.655 bits per heavy atom. The van der Waals surface area contributed by atoms with E-state index in [0.29, 0.717) is 0 Å². The minimum Gasteiger partial charge on any atom is -0.412 e. The topological polar surface area (TPSA) is 31.5 Å². The van der Waals surface area contributed by atoms with E-state index in [2.05, 4.69) is 0 Å². The monoisotopic (exact) mass is 491 g/mol. The number of hydrogen-bond acceptors (Lipinski definition) is 0. The maximum absolute atomic E-state index is 12.9. The molecule has 0 aromatic rings. The predicted molar refractivity (Wildman–Crippen MR) is 55.5 cm³/mol. The summed E-state index contributed by atoms with van der Waals surface area (Å²) < 4.78 is 223. The first-order valence-corrected chi connectivity index (χ1v) is 5.40. The predicted octanol–water partition coefficient (Wildman–Crippen LogP) is 5.23. The number of hydrogen-bond donors (Lipinski definition) is 0. The maximum Gasteiger partial charge on any atom is 0.460 e. The van der Waals surface area contributed by atoms with Gasteiger partial charge >= 0.3 is 47.8 Å². The van der Waals surface area contributed by atoms with Crippen LogP contribution < -0.4 is 0 Å². The van der Waals surface area contributed by atoms with E-state index < -0.39 is 53.6 Å². The molecule has 0 aromatic heterocycles. The maximum atomic E-state index is 12.9. The zero-order chi connectivity index (χ0) is 22.7. The largest absolute Gasteiger partial charge is 0.460 e. The Kier molecular flexibility index (Phi) is 9.72. The molecule has 0 spiro atoms. The number of rotatable bonds is 6. The van der Waals surface area contributed by atoms with Gasteiger partial charge in [0.25, 0.3) is 0 Å². The standard InChI is InChI=1S/C9F18.Na.H2O/c10-1(2(11)12)3(13,14)4(15,16)5(17,18)6(19,20)7(21,22)8(23,24)9(25,26)27;;/h;;1H2. The molecule has 0 saturated heterocycles. The third-order valence-electron chi connectivity index (χ3n) is 2.77. The summed E-state index contributed by atoms with van der Waals surface area (Å²) in [6.07, 6.45) is -12.3. The molecule has 29 heavy (non-hydrogen) atoms. The Labute approximate surface area is 168 Å². The molecule has 0 rings (SSSR count). The number of halogens is 18. The Hall–Kier alpha value is -0.560. The molecule has 20 heteroatoms. The van der Waals surface area contributed by atoms with Crippen molar-refractivity contribution in [1.82, 2.24) is 0 Å². The SMILES string of the molecule is FC(F)=C(F)C(F)(F)C(F)(F)C(F)(F)C(F)(F)C(F)(F)C(F)(F)C(F)(F)F.O.[Na]. The zero-order valence-corrected chi connectivity index (χ0v) is 14.8. The van der Waals surface area contributed by atoms with Crippen molar-refractivity contribution in [2.45, 2.75) is 41.7 Å². The second-order valence-electron chi connectivity index (χ2n) is 4.52. The summed E-state index contributed by atoms with van der Waals surface area (Å²) in [7, 11) is 0. The summed E-state index contributed by atoms with van der Waals surface area (Å²) in [6.45, 7) is 0. The fraction of sp³-hybridized carbons (Fsp3) is 0.778. The average molecular weight is 491 g/mol. The van der Waals surface area contributed by atoms with E-state index in [4.69, 9.17) is 0 Å². The Morgan fingerprint density at radius 1 is 0.414 bits per heavy atom. The normalized spacial score (nSPS) is 14.7. The molecule has 2 N–H and O–H groups in total. The molecule has 0 atom stereocenters. The summed E-state index contributed by atoms with van der Waals surface area (Å²) in [6, 6.07) is 0. The van der Waals surface area contributed by atoms with Crippen LogP contribution in [-0.2, 0) is 0 Å². The van der Waals surface area contributed by atoms with E-state index in [1.807, 2.05) is 0 Å². The summed E-state index contributed by atoms with van der Waals surface area (Å²) in [5, 5.41) is 0. The van der Waals surface area contributed by atoms with Gasteiger partial charge in [-0.3, -0.25) is 0 Å². The molecular formula is C9H2F18NaO. The third kappa shape index (κ3) is 4.41. The molecular weight excluding hydrogens is 489 g/mol. The van der Waals surface area contributed by atoms with Gasteiger partial charge < -0.3 is 5.48 Å². The Bertz CT molecular complexity index is 599. The van der Waals surface area contributed by atoms with Crippen molar-refractivity contribution in [3.63, 3.8) is 0 Å². The number of allylic oxidation sites excluding steroid dienone is 1. The molecule has 0 saturated carbocycles. The third-order valence-corrected chi connectivity index (χ3v) is 2.77. The van der Waals surface area contributed by atoms with Gasteiger partial charge in [-0.1, -0.05) is 0 Å². The average Bonchev–Trinajstić information content (AvgIpc) is 2.43. The minimum atomic E-state index is -8.65. The van der Waals surface area contributed by atoms with Gasteiger partial charge in [-0.25, -0.2) is 0 Å². The van der Waals surface area contributed by atoms with Crippen LogP contribution in [0.15, 0.2) is 11.9 Å². The van der Waals surface area contributed by atoms with Crippen molar-refractivity contribution in [2.24, 2.45) is 0 Å². The Balaban J connectivity index is -0.00000338. The molecule has 1 nitrogen and oxygen atoms in total. The van der Waals surface area contributed by atoms with Crippen molar-refractivity contribution in [2.75, 3.05) is 0 Å². The van der Waals surface area contributed by atoms with Gasteiger partial charge in [0.05, 0.1) is 0 Å². The molecule has 0 aliphatic rings. The van der Waals surface area contributed by atoms with Crippen molar-refractivity contribution in [3.05, 3.63) is 11.9 Å². The van der Waals surface area contributed by atoms with E-state index in [1.54, 1.807) is 0 Å². The van der Waals surface area contributed by atoms with Gasteiger partial charge in [0.15, 0.2) is 0 Å². The van der Waals surface area contributed by atoms with Crippen LogP contribution in [0.3, 0.4) is 0 Å². The van der Waals surface area contributed by atoms with E-state index in [1.165, 1.54) is 0 Å². The molecule has 0 fully saturated rings. The van der Waals surface area contributed by atoms with Crippen LogP contribution in [0.2, 0.25) is 0 Å². The van der Waals surface area contributed by atoms with Crippen LogP contribution >= 0.6 is 0 Å². The van der Waals surface area contributed by atoms with Crippen molar-refractivity contribution in [3.8, 4) is 0 Å². The zero-order valence-electron chi connectivity index (χ0n) is 12.8. The second-order valence-corrected chi connectivity index (χ2v) is 4.52. The van der Waals surface area contributed by atoms with Crippen LogP contribution in [0, 0.1) is 0 Å². The summed E-state index contributed by atoms with van der Waals surface area (Å²) in [5.41, 5.74) is 0. The molecule has 0 bridgehead atoms. The van der Waals surface area contributed by atoms with E-state index in [0.717, 1.165) is 0 Å². The fourth-order valence-corrected chi connectivity index (χ4v) is 1.22. The molecule has 0 aliphatic heterocycles. The van der Waals surface area contributed by atoms with Gasteiger partial charge in [0.2, 0.25) is 5.83 Å². The van der Waals surface area contributed by atoms with Crippen molar-refractivity contribution < 1.29 is 84.5 Å². The first kappa shape index (κ1) is 33.1. The van der Waals surface area contributed by atoms with Crippen molar-refractivity contribution >= 4 is 29.6 Å². The van der Waals surface area contributed by atoms with Gasteiger partial charge in [-0.2, -0.15) is 79.0 Å². The minimum absolute atomic E-state index is 0. The summed E-state index contributed by atoms with van der Waals surface area (Å²) in [5.74, 6) is -54.9. The molecule has 0 aromatic carbocycles. The first-order chi connectivity index (χ1) is 11.4. The van der Waals surface area contributed by atoms with Crippen LogP contribution in [0.25, 0.3) is 0 Å². The second kappa shape index (κ2) is 8.52. The quantitative estimate of drug-likeness (QED) is 0.360. The van der Waals surface area contributed by atoms with Gasteiger partial charge in [-0.05, 0) is 0 Å². The summed E-state index contributed by atoms with van der Waals surface area (Å²) >= 11 is 0. The molecule has 0 unspecified atom stereocenters. The van der Waals surface area contributed by atoms with E-state index in [9.17, 15) is 79.0 Å². The van der Waals surface area contributed by atoms with Crippen LogP contribution in [0.1, 0.15) is 0 Å². The van der Waals surface area contributed by atoms with Gasteiger partial charge in [0, 0.05) is 29.6 Å². The Morgan fingerprint density at radius 3 is 0.897 bits per heavy atom. The molecule has 171 valence electrons. The van der Waals surface area contributed by atoms with E-state index in [-0.39, 0.29) is 35.0 Å². The fourth-order valence-electron chi connectivity index (χ4n) is 1.22. The van der Waals surface area contributed by atoms with Crippen LogP contribution in [0.5, 0.6) is 0 Å². The molecule has 0 aliphatic carbocycles.